The molecule has 1 aromatic carbocycles. The smallest absolute Gasteiger partial charge is 0.410 e. The quantitative estimate of drug-likeness (QED) is 0.913. The number of benzene rings is 1. The molecule has 1 aromatic rings. The van der Waals surface area contributed by atoms with Crippen molar-refractivity contribution in [3.8, 4) is 0 Å². The Morgan fingerprint density at radius 3 is 2.42 bits per heavy atom. The van der Waals surface area contributed by atoms with E-state index in [2.05, 4.69) is 0 Å². The second-order valence-corrected chi connectivity index (χ2v) is 5.42. The number of aliphatic hydroxyl groups is 1. The molecule has 1 N–H and O–H groups in total. The van der Waals surface area contributed by atoms with E-state index in [1.165, 1.54) is 0 Å². The van der Waals surface area contributed by atoms with Crippen molar-refractivity contribution >= 4 is 29.3 Å². The molecule has 0 saturated carbocycles. The van der Waals surface area contributed by atoms with Crippen LogP contribution in [0.2, 0.25) is 10.0 Å². The van der Waals surface area contributed by atoms with Crippen molar-refractivity contribution in [3.63, 3.8) is 0 Å². The SMILES string of the molecule is O=C(OCc1cc(Cl)cc(Cl)c1)N1CCC(O)CC1. The van der Waals surface area contributed by atoms with Crippen LogP contribution < -0.4 is 0 Å². The zero-order valence-electron chi connectivity index (χ0n) is 10.3. The van der Waals surface area contributed by atoms with Crippen LogP contribution in [0.15, 0.2) is 18.2 Å². The van der Waals surface area contributed by atoms with Gasteiger partial charge < -0.3 is 14.7 Å². The van der Waals surface area contributed by atoms with Gasteiger partial charge in [-0.05, 0) is 36.6 Å². The Balaban J connectivity index is 1.86. The molecular formula is C13H15Cl2NO3. The Morgan fingerprint density at radius 2 is 1.84 bits per heavy atom. The van der Waals surface area contributed by atoms with Crippen molar-refractivity contribution in [1.29, 1.82) is 0 Å². The molecule has 104 valence electrons. The third-order valence-electron chi connectivity index (χ3n) is 3.01. The van der Waals surface area contributed by atoms with Gasteiger partial charge in [0.2, 0.25) is 0 Å². The molecule has 1 saturated heterocycles. The lowest BCUT2D eigenvalue weighted by atomic mass is 10.1. The average Bonchev–Trinajstić information content (AvgIpc) is 2.36. The van der Waals surface area contributed by atoms with E-state index in [9.17, 15) is 9.90 Å². The average molecular weight is 304 g/mol. The fourth-order valence-corrected chi connectivity index (χ4v) is 2.55. The zero-order chi connectivity index (χ0) is 13.8. The minimum atomic E-state index is -0.372. The maximum Gasteiger partial charge on any atom is 0.410 e. The summed E-state index contributed by atoms with van der Waals surface area (Å²) in [7, 11) is 0. The number of aliphatic hydroxyl groups excluding tert-OH is 1. The van der Waals surface area contributed by atoms with Crippen LogP contribution in [0.1, 0.15) is 18.4 Å². The molecule has 0 unspecified atom stereocenters. The molecule has 0 aromatic heterocycles. The van der Waals surface area contributed by atoms with Crippen LogP contribution in [0.4, 0.5) is 4.79 Å². The minimum Gasteiger partial charge on any atom is -0.445 e. The second kappa shape index (κ2) is 6.46. The van der Waals surface area contributed by atoms with Crippen LogP contribution in [0.25, 0.3) is 0 Å². The summed E-state index contributed by atoms with van der Waals surface area (Å²) in [5.41, 5.74) is 0.753. The Labute approximate surface area is 121 Å². The van der Waals surface area contributed by atoms with Gasteiger partial charge in [-0.2, -0.15) is 0 Å². The number of likely N-dealkylation sites (tertiary alicyclic amines) is 1. The summed E-state index contributed by atoms with van der Waals surface area (Å²) in [5.74, 6) is 0. The van der Waals surface area contributed by atoms with Crippen molar-refractivity contribution in [1.82, 2.24) is 4.90 Å². The fourth-order valence-electron chi connectivity index (χ4n) is 1.98. The van der Waals surface area contributed by atoms with Crippen molar-refractivity contribution in [2.45, 2.75) is 25.6 Å². The fraction of sp³-hybridized carbons (Fsp3) is 0.462. The molecule has 0 radical (unpaired) electrons. The summed E-state index contributed by atoms with van der Waals surface area (Å²) in [5, 5.41) is 10.4. The van der Waals surface area contributed by atoms with E-state index in [4.69, 9.17) is 27.9 Å². The van der Waals surface area contributed by atoms with E-state index < -0.39 is 0 Å². The van der Waals surface area contributed by atoms with Crippen LogP contribution in [0.5, 0.6) is 0 Å². The maximum atomic E-state index is 11.8. The Hall–Kier alpha value is -0.970. The second-order valence-electron chi connectivity index (χ2n) is 4.55. The van der Waals surface area contributed by atoms with E-state index >= 15 is 0 Å². The first-order chi connectivity index (χ1) is 9.04. The summed E-state index contributed by atoms with van der Waals surface area (Å²) in [6.07, 6.45) is 0.509. The van der Waals surface area contributed by atoms with Gasteiger partial charge in [0.15, 0.2) is 0 Å². The molecule has 2 rings (SSSR count). The topological polar surface area (TPSA) is 49.8 Å². The highest BCUT2D eigenvalue weighted by Crippen LogP contribution is 2.20. The molecule has 6 heteroatoms. The number of piperidine rings is 1. The number of carbonyl (C=O) groups excluding carboxylic acids is 1. The molecule has 1 amide bonds. The van der Waals surface area contributed by atoms with Gasteiger partial charge in [0, 0.05) is 23.1 Å². The zero-order valence-corrected chi connectivity index (χ0v) is 11.8. The van der Waals surface area contributed by atoms with Gasteiger partial charge in [-0.3, -0.25) is 0 Å². The number of carbonyl (C=O) groups is 1. The molecule has 0 bridgehead atoms. The Kier molecular flexibility index (Phi) is 4.91. The largest absolute Gasteiger partial charge is 0.445 e. The van der Waals surface area contributed by atoms with Crippen LogP contribution in [-0.2, 0) is 11.3 Å². The number of ether oxygens (including phenoxy) is 1. The summed E-state index contributed by atoms with van der Waals surface area (Å²) < 4.78 is 5.20. The van der Waals surface area contributed by atoms with Crippen molar-refractivity contribution in [2.24, 2.45) is 0 Å². The van der Waals surface area contributed by atoms with Gasteiger partial charge in [0.1, 0.15) is 6.61 Å². The van der Waals surface area contributed by atoms with Crippen molar-refractivity contribution in [2.75, 3.05) is 13.1 Å². The third-order valence-corrected chi connectivity index (χ3v) is 3.44. The van der Waals surface area contributed by atoms with Crippen molar-refractivity contribution < 1.29 is 14.6 Å². The molecule has 1 fully saturated rings. The summed E-state index contributed by atoms with van der Waals surface area (Å²) in [6.45, 7) is 1.19. The summed E-state index contributed by atoms with van der Waals surface area (Å²) >= 11 is 11.7. The predicted octanol–water partition coefficient (Wildman–Crippen LogP) is 3.09. The number of rotatable bonds is 2. The molecule has 1 heterocycles. The summed E-state index contributed by atoms with van der Waals surface area (Å²) in [4.78, 5) is 13.4. The van der Waals surface area contributed by atoms with Crippen LogP contribution >= 0.6 is 23.2 Å². The van der Waals surface area contributed by atoms with Gasteiger partial charge >= 0.3 is 6.09 Å². The molecule has 1 aliphatic heterocycles. The summed E-state index contributed by atoms with van der Waals surface area (Å²) in [6, 6.07) is 5.04. The van der Waals surface area contributed by atoms with Gasteiger partial charge in [0.25, 0.3) is 0 Å². The predicted molar refractivity (Wildman–Crippen MR) is 73.5 cm³/mol. The Bertz CT molecular complexity index is 439. The third kappa shape index (κ3) is 4.27. The lowest BCUT2D eigenvalue weighted by molar-refractivity contribution is 0.0560. The van der Waals surface area contributed by atoms with Crippen LogP contribution in [-0.4, -0.2) is 35.3 Å². The molecule has 4 nitrogen and oxygen atoms in total. The van der Waals surface area contributed by atoms with Gasteiger partial charge in [-0.25, -0.2) is 4.79 Å². The molecule has 19 heavy (non-hydrogen) atoms. The minimum absolute atomic E-state index is 0.137. The van der Waals surface area contributed by atoms with Crippen LogP contribution in [0.3, 0.4) is 0 Å². The van der Waals surface area contributed by atoms with Gasteiger partial charge in [0.05, 0.1) is 6.10 Å². The van der Waals surface area contributed by atoms with E-state index in [1.54, 1.807) is 23.1 Å². The number of halogens is 2. The molecule has 0 spiro atoms. The van der Waals surface area contributed by atoms with E-state index in [1.807, 2.05) is 0 Å². The maximum absolute atomic E-state index is 11.8. The number of nitrogens with zero attached hydrogens (tertiary/aromatic N) is 1. The first-order valence-electron chi connectivity index (χ1n) is 6.09. The van der Waals surface area contributed by atoms with E-state index in [0.717, 1.165) is 5.56 Å². The number of hydrogen-bond donors (Lipinski definition) is 1. The standard InChI is InChI=1S/C13H15Cl2NO3/c14-10-5-9(6-11(15)7-10)8-19-13(18)16-3-1-12(17)2-4-16/h5-7,12,17H,1-4,8H2. The lowest BCUT2D eigenvalue weighted by Gasteiger charge is -2.28. The number of amides is 1. The van der Waals surface area contributed by atoms with Crippen LogP contribution in [0, 0.1) is 0 Å². The van der Waals surface area contributed by atoms with Crippen molar-refractivity contribution in [3.05, 3.63) is 33.8 Å². The van der Waals surface area contributed by atoms with E-state index in [-0.39, 0.29) is 18.8 Å². The number of hydrogen-bond acceptors (Lipinski definition) is 3. The molecule has 0 aliphatic carbocycles. The Morgan fingerprint density at radius 1 is 1.26 bits per heavy atom. The first-order valence-corrected chi connectivity index (χ1v) is 6.85. The highest BCUT2D eigenvalue weighted by atomic mass is 35.5. The lowest BCUT2D eigenvalue weighted by Crippen LogP contribution is -2.40. The molecular weight excluding hydrogens is 289 g/mol. The molecule has 0 atom stereocenters. The van der Waals surface area contributed by atoms with Gasteiger partial charge in [-0.1, -0.05) is 23.2 Å². The normalized spacial score (nSPS) is 16.5. The monoisotopic (exact) mass is 303 g/mol. The molecule has 1 aliphatic rings. The highest BCUT2D eigenvalue weighted by molar-refractivity contribution is 6.34. The van der Waals surface area contributed by atoms with E-state index in [0.29, 0.717) is 36.0 Å². The van der Waals surface area contributed by atoms with Gasteiger partial charge in [-0.15, -0.1) is 0 Å². The first kappa shape index (κ1) is 14.4. The highest BCUT2D eigenvalue weighted by Gasteiger charge is 2.22.